The molecule has 1 aromatic rings. The predicted molar refractivity (Wildman–Crippen MR) is 71.3 cm³/mol. The maximum atomic E-state index is 11.3. The van der Waals surface area contributed by atoms with Crippen LogP contribution in [0.2, 0.25) is 0 Å². The van der Waals surface area contributed by atoms with Crippen LogP contribution >= 0.6 is 0 Å². The van der Waals surface area contributed by atoms with E-state index in [4.69, 9.17) is 9.84 Å². The standard InChI is InChI=1S/C13H18N2O4/c1-9(16)3-6-13(18)15-14-8-10-4-5-11(17)12(7-10)19-2/h4-5,7-9,16-17H,3,6H2,1-2H3,(H,15,18)/b14-8-/t9-/m1/s1. The van der Waals surface area contributed by atoms with Crippen LogP contribution in [0.3, 0.4) is 0 Å². The van der Waals surface area contributed by atoms with Gasteiger partial charge in [0.05, 0.1) is 19.4 Å². The number of ether oxygens (including phenoxy) is 1. The first-order chi connectivity index (χ1) is 9.02. The van der Waals surface area contributed by atoms with Crippen LogP contribution in [0.1, 0.15) is 25.3 Å². The van der Waals surface area contributed by atoms with E-state index in [1.807, 2.05) is 0 Å². The summed E-state index contributed by atoms with van der Waals surface area (Å²) >= 11 is 0. The van der Waals surface area contributed by atoms with Crippen molar-refractivity contribution in [1.29, 1.82) is 0 Å². The molecule has 1 rings (SSSR count). The SMILES string of the molecule is COc1cc(/C=N\NC(=O)CC[C@@H](C)O)ccc1O. The molecule has 1 amide bonds. The van der Waals surface area contributed by atoms with E-state index >= 15 is 0 Å². The first-order valence-electron chi connectivity index (χ1n) is 5.90. The topological polar surface area (TPSA) is 91.2 Å². The molecule has 6 nitrogen and oxygen atoms in total. The quantitative estimate of drug-likeness (QED) is 0.529. The van der Waals surface area contributed by atoms with Crippen LogP contribution in [-0.4, -0.2) is 35.5 Å². The zero-order valence-corrected chi connectivity index (χ0v) is 11.0. The number of aliphatic hydroxyl groups excluding tert-OH is 1. The van der Waals surface area contributed by atoms with Gasteiger partial charge < -0.3 is 14.9 Å². The van der Waals surface area contributed by atoms with Gasteiger partial charge in [-0.3, -0.25) is 4.79 Å². The van der Waals surface area contributed by atoms with E-state index in [0.717, 1.165) is 0 Å². The molecule has 0 aliphatic carbocycles. The summed E-state index contributed by atoms with van der Waals surface area (Å²) < 4.78 is 4.95. The molecule has 1 atom stereocenters. The van der Waals surface area contributed by atoms with Crippen molar-refractivity contribution in [3.63, 3.8) is 0 Å². The number of rotatable bonds is 6. The summed E-state index contributed by atoms with van der Waals surface area (Å²) in [6.07, 6.45) is 1.56. The Bertz CT molecular complexity index is 458. The number of aromatic hydroxyl groups is 1. The Kier molecular flexibility index (Phi) is 5.81. The number of amides is 1. The second-order valence-corrected chi connectivity index (χ2v) is 4.11. The average molecular weight is 266 g/mol. The Morgan fingerprint density at radius 1 is 1.58 bits per heavy atom. The van der Waals surface area contributed by atoms with Gasteiger partial charge in [0.2, 0.25) is 5.91 Å². The average Bonchev–Trinajstić information content (AvgIpc) is 2.38. The molecule has 0 spiro atoms. The van der Waals surface area contributed by atoms with Crippen molar-refractivity contribution in [2.24, 2.45) is 5.10 Å². The lowest BCUT2D eigenvalue weighted by atomic mass is 10.2. The molecular weight excluding hydrogens is 248 g/mol. The summed E-state index contributed by atoms with van der Waals surface area (Å²) in [5.41, 5.74) is 3.04. The van der Waals surface area contributed by atoms with Gasteiger partial charge in [-0.1, -0.05) is 0 Å². The number of hydrazone groups is 1. The van der Waals surface area contributed by atoms with Crippen molar-refractivity contribution in [3.8, 4) is 11.5 Å². The molecule has 0 unspecified atom stereocenters. The largest absolute Gasteiger partial charge is 0.504 e. The zero-order valence-electron chi connectivity index (χ0n) is 11.0. The molecular formula is C13H18N2O4. The van der Waals surface area contributed by atoms with Gasteiger partial charge in [0, 0.05) is 6.42 Å². The summed E-state index contributed by atoms with van der Waals surface area (Å²) in [7, 11) is 1.45. The van der Waals surface area contributed by atoms with Crippen molar-refractivity contribution in [2.75, 3.05) is 7.11 Å². The Hall–Kier alpha value is -2.08. The normalized spacial score (nSPS) is 12.4. The third-order valence-corrected chi connectivity index (χ3v) is 2.40. The molecule has 0 aromatic heterocycles. The molecule has 3 N–H and O–H groups in total. The summed E-state index contributed by atoms with van der Waals surface area (Å²) in [6.45, 7) is 1.62. The molecule has 0 saturated heterocycles. The van der Waals surface area contributed by atoms with Crippen molar-refractivity contribution in [3.05, 3.63) is 23.8 Å². The van der Waals surface area contributed by atoms with E-state index in [9.17, 15) is 9.90 Å². The number of benzene rings is 1. The number of carbonyl (C=O) groups is 1. The van der Waals surface area contributed by atoms with Crippen LogP contribution in [0.5, 0.6) is 11.5 Å². The van der Waals surface area contributed by atoms with Gasteiger partial charge in [-0.2, -0.15) is 5.10 Å². The minimum absolute atomic E-state index is 0.0422. The number of methoxy groups -OCH3 is 1. The molecule has 0 radical (unpaired) electrons. The number of phenolic OH excluding ortho intramolecular Hbond substituents is 1. The van der Waals surface area contributed by atoms with Crippen LogP contribution < -0.4 is 10.2 Å². The highest BCUT2D eigenvalue weighted by Crippen LogP contribution is 2.25. The minimum Gasteiger partial charge on any atom is -0.504 e. The van der Waals surface area contributed by atoms with E-state index in [0.29, 0.717) is 17.7 Å². The summed E-state index contributed by atoms with van der Waals surface area (Å²) in [5, 5.41) is 22.2. The molecule has 0 aliphatic rings. The summed E-state index contributed by atoms with van der Waals surface area (Å²) in [5.74, 6) is 0.118. The van der Waals surface area contributed by atoms with Gasteiger partial charge in [-0.25, -0.2) is 5.43 Å². The lowest BCUT2D eigenvalue weighted by molar-refractivity contribution is -0.121. The molecule has 104 valence electrons. The Morgan fingerprint density at radius 2 is 2.32 bits per heavy atom. The molecule has 0 heterocycles. The number of nitrogens with zero attached hydrogens (tertiary/aromatic N) is 1. The van der Waals surface area contributed by atoms with Crippen LogP contribution in [0.4, 0.5) is 0 Å². The number of carbonyl (C=O) groups excluding carboxylic acids is 1. The summed E-state index contributed by atoms with van der Waals surface area (Å²) in [6, 6.07) is 4.72. The highest BCUT2D eigenvalue weighted by molar-refractivity contribution is 5.83. The van der Waals surface area contributed by atoms with Gasteiger partial charge in [0.15, 0.2) is 11.5 Å². The van der Waals surface area contributed by atoms with Crippen LogP contribution in [-0.2, 0) is 4.79 Å². The number of phenols is 1. The fourth-order valence-corrected chi connectivity index (χ4v) is 1.35. The highest BCUT2D eigenvalue weighted by atomic mass is 16.5. The van der Waals surface area contributed by atoms with E-state index in [-0.39, 0.29) is 18.1 Å². The van der Waals surface area contributed by atoms with E-state index in [1.165, 1.54) is 19.4 Å². The number of hydrogen-bond acceptors (Lipinski definition) is 5. The maximum Gasteiger partial charge on any atom is 0.240 e. The van der Waals surface area contributed by atoms with Crippen LogP contribution in [0.25, 0.3) is 0 Å². The first-order valence-corrected chi connectivity index (χ1v) is 5.90. The maximum absolute atomic E-state index is 11.3. The fourth-order valence-electron chi connectivity index (χ4n) is 1.35. The summed E-state index contributed by atoms with van der Waals surface area (Å²) in [4.78, 5) is 11.3. The molecule has 0 saturated carbocycles. The lowest BCUT2D eigenvalue weighted by Crippen LogP contribution is -2.18. The first kappa shape index (κ1) is 15.0. The number of aliphatic hydroxyl groups is 1. The van der Waals surface area contributed by atoms with Crippen LogP contribution in [0, 0.1) is 0 Å². The van der Waals surface area contributed by atoms with Crippen LogP contribution in [0.15, 0.2) is 23.3 Å². The number of nitrogens with one attached hydrogen (secondary N) is 1. The van der Waals surface area contributed by atoms with Gasteiger partial charge in [0.1, 0.15) is 0 Å². The van der Waals surface area contributed by atoms with Gasteiger partial charge >= 0.3 is 0 Å². The Morgan fingerprint density at radius 3 is 2.95 bits per heavy atom. The molecule has 0 aliphatic heterocycles. The van der Waals surface area contributed by atoms with Crippen molar-refractivity contribution >= 4 is 12.1 Å². The molecule has 0 fully saturated rings. The lowest BCUT2D eigenvalue weighted by Gasteiger charge is -2.04. The Balaban J connectivity index is 2.50. The third kappa shape index (κ3) is 5.39. The Labute approximate surface area is 111 Å². The number of hydrogen-bond donors (Lipinski definition) is 3. The van der Waals surface area contributed by atoms with E-state index in [2.05, 4.69) is 10.5 Å². The second-order valence-electron chi connectivity index (χ2n) is 4.11. The monoisotopic (exact) mass is 266 g/mol. The van der Waals surface area contributed by atoms with E-state index in [1.54, 1.807) is 19.1 Å². The molecule has 6 heteroatoms. The van der Waals surface area contributed by atoms with E-state index < -0.39 is 6.10 Å². The predicted octanol–water partition coefficient (Wildman–Crippen LogP) is 1.01. The molecule has 19 heavy (non-hydrogen) atoms. The van der Waals surface area contributed by atoms with Gasteiger partial charge in [0.25, 0.3) is 0 Å². The van der Waals surface area contributed by atoms with Crippen molar-refractivity contribution < 1.29 is 19.7 Å². The molecule has 1 aromatic carbocycles. The fraction of sp³-hybridized carbons (Fsp3) is 0.385. The van der Waals surface area contributed by atoms with Crippen molar-refractivity contribution in [1.82, 2.24) is 5.43 Å². The smallest absolute Gasteiger partial charge is 0.240 e. The van der Waals surface area contributed by atoms with Crippen molar-refractivity contribution in [2.45, 2.75) is 25.9 Å². The third-order valence-electron chi connectivity index (χ3n) is 2.40. The zero-order chi connectivity index (χ0) is 14.3. The molecule has 0 bridgehead atoms. The van der Waals surface area contributed by atoms with Gasteiger partial charge in [-0.05, 0) is 37.1 Å². The van der Waals surface area contributed by atoms with Gasteiger partial charge in [-0.15, -0.1) is 0 Å². The highest BCUT2D eigenvalue weighted by Gasteiger charge is 2.03. The minimum atomic E-state index is -0.504. The second kappa shape index (κ2) is 7.38.